The Kier molecular flexibility index (Phi) is 4.73. The molecule has 0 saturated heterocycles. The summed E-state index contributed by atoms with van der Waals surface area (Å²) in [6.45, 7) is 4.09. The lowest BCUT2D eigenvalue weighted by atomic mass is 10.2. The Labute approximate surface area is 125 Å². The maximum atomic E-state index is 5.60. The Morgan fingerprint density at radius 2 is 1.95 bits per heavy atom. The fraction of sp³-hybridized carbons (Fsp3) is 0.308. The first-order valence-corrected chi connectivity index (χ1v) is 6.87. The van der Waals surface area contributed by atoms with E-state index in [1.165, 1.54) is 0 Å². The van der Waals surface area contributed by atoms with Crippen LogP contribution in [0.2, 0.25) is 0 Å². The Bertz CT molecular complexity index is 592. The van der Waals surface area contributed by atoms with Gasteiger partial charge >= 0.3 is 12.0 Å². The molecule has 1 aromatic carbocycles. The normalized spacial score (nSPS) is 10.6. The number of aromatic nitrogens is 3. The van der Waals surface area contributed by atoms with Crippen molar-refractivity contribution in [1.29, 1.82) is 0 Å². The van der Waals surface area contributed by atoms with E-state index >= 15 is 0 Å². The Morgan fingerprint density at radius 3 is 2.65 bits per heavy atom. The number of ether oxygens (including phenoxy) is 2. The Balaban J connectivity index is 2.07. The van der Waals surface area contributed by atoms with Crippen LogP contribution in [0.25, 0.3) is 0 Å². The van der Waals surface area contributed by atoms with Gasteiger partial charge in [-0.25, -0.2) is 0 Å². The highest BCUT2D eigenvalue weighted by molar-refractivity contribution is 9.10. The molecule has 1 aromatic heterocycles. The molecule has 0 radical (unpaired) electrons. The molecule has 0 atom stereocenters. The lowest BCUT2D eigenvalue weighted by molar-refractivity contribution is 0.212. The van der Waals surface area contributed by atoms with E-state index in [-0.39, 0.29) is 24.1 Å². The molecule has 6 nitrogen and oxygen atoms in total. The highest BCUT2D eigenvalue weighted by atomic mass is 79.9. The molecule has 0 aliphatic rings. The number of hydrogen-bond acceptors (Lipinski definition) is 6. The van der Waals surface area contributed by atoms with E-state index in [1.807, 2.05) is 38.1 Å². The molecule has 0 amide bonds. The van der Waals surface area contributed by atoms with Crippen molar-refractivity contribution in [3.63, 3.8) is 0 Å². The number of rotatable bonds is 5. The minimum absolute atomic E-state index is 0.0465. The van der Waals surface area contributed by atoms with Crippen molar-refractivity contribution >= 4 is 21.9 Å². The molecular formula is C13H15BrN4O2. The van der Waals surface area contributed by atoms with Gasteiger partial charge in [0.1, 0.15) is 6.61 Å². The molecule has 20 heavy (non-hydrogen) atoms. The van der Waals surface area contributed by atoms with E-state index in [0.29, 0.717) is 6.61 Å². The molecule has 2 aromatic rings. The average Bonchev–Trinajstić information content (AvgIpc) is 2.35. The van der Waals surface area contributed by atoms with Crippen LogP contribution in [0, 0.1) is 0 Å². The largest absolute Gasteiger partial charge is 0.461 e. The average molecular weight is 339 g/mol. The van der Waals surface area contributed by atoms with Gasteiger partial charge in [0.05, 0.1) is 6.10 Å². The van der Waals surface area contributed by atoms with E-state index in [1.54, 1.807) is 0 Å². The minimum Gasteiger partial charge on any atom is -0.461 e. The zero-order chi connectivity index (χ0) is 14.5. The van der Waals surface area contributed by atoms with Gasteiger partial charge in [-0.3, -0.25) is 0 Å². The molecule has 2 N–H and O–H groups in total. The smallest absolute Gasteiger partial charge is 0.324 e. The molecule has 0 aliphatic heterocycles. The number of nitrogen functional groups attached to an aromatic ring is 1. The van der Waals surface area contributed by atoms with Crippen LogP contribution >= 0.6 is 15.9 Å². The van der Waals surface area contributed by atoms with Gasteiger partial charge in [-0.15, -0.1) is 4.98 Å². The first-order chi connectivity index (χ1) is 9.52. The molecule has 0 bridgehead atoms. The van der Waals surface area contributed by atoms with Crippen molar-refractivity contribution in [3.8, 4) is 12.0 Å². The highest BCUT2D eigenvalue weighted by Crippen LogP contribution is 2.16. The molecule has 0 saturated carbocycles. The van der Waals surface area contributed by atoms with Crippen molar-refractivity contribution in [2.24, 2.45) is 0 Å². The van der Waals surface area contributed by atoms with Crippen molar-refractivity contribution in [1.82, 2.24) is 15.0 Å². The lowest BCUT2D eigenvalue weighted by Gasteiger charge is -2.09. The first-order valence-electron chi connectivity index (χ1n) is 6.08. The third kappa shape index (κ3) is 4.34. The summed E-state index contributed by atoms with van der Waals surface area (Å²) in [6, 6.07) is 8.08. The standard InChI is InChI=1S/C13H15BrN4O2/c1-8(2)20-13-17-11(15)16-12(18-13)19-7-9-4-3-5-10(14)6-9/h3-6,8H,7H2,1-2H3,(H2,15,16,17,18). The van der Waals surface area contributed by atoms with Crippen LogP contribution in [0.5, 0.6) is 12.0 Å². The van der Waals surface area contributed by atoms with Gasteiger partial charge in [0.15, 0.2) is 0 Å². The van der Waals surface area contributed by atoms with E-state index < -0.39 is 0 Å². The molecule has 0 aliphatic carbocycles. The molecule has 7 heteroatoms. The van der Waals surface area contributed by atoms with Crippen LogP contribution in [-0.2, 0) is 6.61 Å². The van der Waals surface area contributed by atoms with Gasteiger partial charge in [-0.1, -0.05) is 28.1 Å². The monoisotopic (exact) mass is 338 g/mol. The number of hydrogen-bond donors (Lipinski definition) is 1. The number of halogens is 1. The van der Waals surface area contributed by atoms with Crippen molar-refractivity contribution in [2.45, 2.75) is 26.6 Å². The van der Waals surface area contributed by atoms with Gasteiger partial charge in [-0.2, -0.15) is 9.97 Å². The SMILES string of the molecule is CC(C)Oc1nc(N)nc(OCc2cccc(Br)c2)n1. The van der Waals surface area contributed by atoms with Crippen LogP contribution in [0.4, 0.5) is 5.95 Å². The van der Waals surface area contributed by atoms with Gasteiger partial charge in [0.2, 0.25) is 5.95 Å². The quantitative estimate of drug-likeness (QED) is 0.901. The van der Waals surface area contributed by atoms with Crippen LogP contribution < -0.4 is 15.2 Å². The van der Waals surface area contributed by atoms with Crippen molar-refractivity contribution in [2.75, 3.05) is 5.73 Å². The van der Waals surface area contributed by atoms with E-state index in [9.17, 15) is 0 Å². The summed E-state index contributed by atoms with van der Waals surface area (Å²) in [5, 5.41) is 0. The third-order valence-electron chi connectivity index (χ3n) is 2.21. The molecule has 106 valence electrons. The summed E-state index contributed by atoms with van der Waals surface area (Å²) in [6.07, 6.45) is -0.0465. The second-order valence-corrected chi connectivity index (χ2v) is 5.26. The zero-order valence-electron chi connectivity index (χ0n) is 11.2. The van der Waals surface area contributed by atoms with Crippen LogP contribution in [0.3, 0.4) is 0 Å². The summed E-state index contributed by atoms with van der Waals surface area (Å²) in [5.41, 5.74) is 6.59. The van der Waals surface area contributed by atoms with Gasteiger partial charge < -0.3 is 15.2 Å². The van der Waals surface area contributed by atoms with Crippen molar-refractivity contribution in [3.05, 3.63) is 34.3 Å². The molecular weight excluding hydrogens is 324 g/mol. The summed E-state index contributed by atoms with van der Waals surface area (Å²) >= 11 is 3.40. The molecule has 1 heterocycles. The second-order valence-electron chi connectivity index (χ2n) is 4.34. The predicted molar refractivity (Wildman–Crippen MR) is 78.5 cm³/mol. The topological polar surface area (TPSA) is 83.2 Å². The van der Waals surface area contributed by atoms with E-state index in [0.717, 1.165) is 10.0 Å². The lowest BCUT2D eigenvalue weighted by Crippen LogP contribution is -2.11. The third-order valence-corrected chi connectivity index (χ3v) is 2.70. The number of nitrogens with two attached hydrogens (primary N) is 1. The Morgan fingerprint density at radius 1 is 1.20 bits per heavy atom. The van der Waals surface area contributed by atoms with E-state index in [2.05, 4.69) is 30.9 Å². The summed E-state index contributed by atoms with van der Waals surface area (Å²) < 4.78 is 11.9. The fourth-order valence-electron chi connectivity index (χ4n) is 1.46. The summed E-state index contributed by atoms with van der Waals surface area (Å²) in [7, 11) is 0. The zero-order valence-corrected chi connectivity index (χ0v) is 12.8. The molecule has 0 spiro atoms. The maximum Gasteiger partial charge on any atom is 0.324 e. The highest BCUT2D eigenvalue weighted by Gasteiger charge is 2.08. The van der Waals surface area contributed by atoms with Crippen LogP contribution in [0.1, 0.15) is 19.4 Å². The predicted octanol–water partition coefficient (Wildman–Crippen LogP) is 2.58. The second kappa shape index (κ2) is 6.51. The summed E-state index contributed by atoms with van der Waals surface area (Å²) in [5.74, 6) is 0.0693. The fourth-order valence-corrected chi connectivity index (χ4v) is 1.90. The molecule has 0 fully saturated rings. The van der Waals surface area contributed by atoms with Crippen LogP contribution in [-0.4, -0.2) is 21.1 Å². The van der Waals surface area contributed by atoms with Crippen LogP contribution in [0.15, 0.2) is 28.7 Å². The number of benzene rings is 1. The van der Waals surface area contributed by atoms with Crippen molar-refractivity contribution < 1.29 is 9.47 Å². The summed E-state index contributed by atoms with van der Waals surface area (Å²) in [4.78, 5) is 11.9. The number of nitrogens with zero attached hydrogens (tertiary/aromatic N) is 3. The Hall–Kier alpha value is -1.89. The molecule has 2 rings (SSSR count). The van der Waals surface area contributed by atoms with Gasteiger partial charge in [-0.05, 0) is 31.5 Å². The minimum atomic E-state index is -0.0465. The van der Waals surface area contributed by atoms with Gasteiger partial charge in [0.25, 0.3) is 0 Å². The maximum absolute atomic E-state index is 5.60. The first kappa shape index (κ1) is 14.5. The number of anilines is 1. The molecule has 0 unspecified atom stereocenters. The van der Waals surface area contributed by atoms with Gasteiger partial charge in [0, 0.05) is 4.47 Å². The van der Waals surface area contributed by atoms with E-state index in [4.69, 9.17) is 15.2 Å².